The van der Waals surface area contributed by atoms with E-state index in [-0.39, 0.29) is 12.3 Å². The zero-order valence-electron chi connectivity index (χ0n) is 18.2. The number of carbonyl (C=O) groups is 3. The summed E-state index contributed by atoms with van der Waals surface area (Å²) < 4.78 is 15.3. The van der Waals surface area contributed by atoms with E-state index in [0.29, 0.717) is 17.7 Å². The van der Waals surface area contributed by atoms with E-state index in [1.165, 1.54) is 24.3 Å². The first kappa shape index (κ1) is 21.5. The van der Waals surface area contributed by atoms with Crippen LogP contribution in [0, 0.1) is 19.7 Å². The van der Waals surface area contributed by atoms with Gasteiger partial charge in [-0.15, -0.1) is 0 Å². The van der Waals surface area contributed by atoms with Gasteiger partial charge in [-0.2, -0.15) is 0 Å². The van der Waals surface area contributed by atoms with Gasteiger partial charge in [-0.25, -0.2) is 9.18 Å². The fraction of sp³-hybridized carbons (Fsp3) is 0.240. The molecule has 32 heavy (non-hydrogen) atoms. The van der Waals surface area contributed by atoms with Crippen molar-refractivity contribution in [2.75, 3.05) is 6.54 Å². The molecule has 2 heterocycles. The molecule has 0 bridgehead atoms. The maximum absolute atomic E-state index is 13.3. The van der Waals surface area contributed by atoms with Gasteiger partial charge in [0.1, 0.15) is 11.4 Å². The Morgan fingerprint density at radius 1 is 1.03 bits per heavy atom. The molecule has 0 saturated carbocycles. The van der Waals surface area contributed by atoms with Gasteiger partial charge >= 0.3 is 6.03 Å². The number of hydrogen-bond donors (Lipinski definition) is 1. The number of nitrogens with zero attached hydrogens (tertiary/aromatic N) is 2. The van der Waals surface area contributed by atoms with Crippen LogP contribution in [0.3, 0.4) is 0 Å². The number of carbonyl (C=O) groups excluding carboxylic acids is 3. The second kappa shape index (κ2) is 8.07. The van der Waals surface area contributed by atoms with Gasteiger partial charge in [0.05, 0.1) is 6.54 Å². The zero-order valence-corrected chi connectivity index (χ0v) is 18.2. The Balaban J connectivity index is 1.55. The molecule has 1 N–H and O–H groups in total. The Labute approximate surface area is 185 Å². The molecule has 7 heteroatoms. The van der Waals surface area contributed by atoms with Gasteiger partial charge in [0.15, 0.2) is 5.78 Å². The van der Waals surface area contributed by atoms with E-state index in [0.717, 1.165) is 21.9 Å². The summed E-state index contributed by atoms with van der Waals surface area (Å²) in [5.41, 5.74) is 2.39. The summed E-state index contributed by atoms with van der Waals surface area (Å²) in [4.78, 5) is 39.7. The number of ketones is 1. The molecule has 4 rings (SSSR count). The molecule has 0 radical (unpaired) electrons. The van der Waals surface area contributed by atoms with Crippen LogP contribution in [0.1, 0.15) is 39.8 Å². The number of hydrogen-bond acceptors (Lipinski definition) is 3. The first-order valence-electron chi connectivity index (χ1n) is 10.3. The van der Waals surface area contributed by atoms with Crippen molar-refractivity contribution < 1.29 is 18.8 Å². The molecule has 6 nitrogen and oxygen atoms in total. The van der Waals surface area contributed by atoms with Crippen molar-refractivity contribution in [3.63, 3.8) is 0 Å². The van der Waals surface area contributed by atoms with Crippen molar-refractivity contribution in [2.45, 2.75) is 32.9 Å². The fourth-order valence-electron chi connectivity index (χ4n) is 4.14. The van der Waals surface area contributed by atoms with Crippen LogP contribution in [0.4, 0.5) is 9.18 Å². The highest BCUT2D eigenvalue weighted by molar-refractivity contribution is 6.11. The molecule has 1 unspecified atom stereocenters. The van der Waals surface area contributed by atoms with E-state index < -0.39 is 23.3 Å². The van der Waals surface area contributed by atoms with Gasteiger partial charge in [0, 0.05) is 23.5 Å². The minimum Gasteiger partial charge on any atom is -0.344 e. The maximum Gasteiger partial charge on any atom is 0.325 e. The van der Waals surface area contributed by atoms with Crippen LogP contribution in [-0.2, 0) is 16.9 Å². The standard InChI is InChI=1S/C25H24FN3O3/c1-16-13-21(17(2)28(16)14-18-7-5-4-6-8-18)22(30)15-29-23(31)25(3,27-24(29)32)19-9-11-20(26)12-10-19/h4-13H,14-15H2,1-3H3,(H,27,32). The van der Waals surface area contributed by atoms with Crippen LogP contribution in [-0.4, -0.2) is 33.7 Å². The van der Waals surface area contributed by atoms with Crippen molar-refractivity contribution in [1.82, 2.24) is 14.8 Å². The average Bonchev–Trinajstić information content (AvgIpc) is 3.17. The highest BCUT2D eigenvalue weighted by Gasteiger charge is 2.49. The number of rotatable bonds is 6. The lowest BCUT2D eigenvalue weighted by molar-refractivity contribution is -0.130. The smallest absolute Gasteiger partial charge is 0.325 e. The van der Waals surface area contributed by atoms with E-state index in [4.69, 9.17) is 0 Å². The first-order chi connectivity index (χ1) is 15.2. The van der Waals surface area contributed by atoms with Crippen LogP contribution in [0.5, 0.6) is 0 Å². The summed E-state index contributed by atoms with van der Waals surface area (Å²) in [5, 5.41) is 2.64. The number of Topliss-reactive ketones (excluding diaryl/α,β-unsaturated/α-hetero) is 1. The molecule has 1 aliphatic heterocycles. The number of imide groups is 1. The normalized spacial score (nSPS) is 18.2. The van der Waals surface area contributed by atoms with Gasteiger partial charge in [0.2, 0.25) is 0 Å². The number of amides is 3. The predicted molar refractivity (Wildman–Crippen MR) is 118 cm³/mol. The Hall–Kier alpha value is -3.74. The molecule has 1 aromatic heterocycles. The van der Waals surface area contributed by atoms with Crippen molar-refractivity contribution in [1.29, 1.82) is 0 Å². The lowest BCUT2D eigenvalue weighted by Crippen LogP contribution is -2.41. The Kier molecular flexibility index (Phi) is 5.42. The molecule has 1 saturated heterocycles. The molecule has 1 atom stereocenters. The Morgan fingerprint density at radius 2 is 1.69 bits per heavy atom. The van der Waals surface area contributed by atoms with Crippen molar-refractivity contribution in [2.24, 2.45) is 0 Å². The number of nitrogens with one attached hydrogen (secondary N) is 1. The van der Waals surface area contributed by atoms with E-state index in [1.807, 2.05) is 48.7 Å². The quantitative estimate of drug-likeness (QED) is 0.473. The molecule has 2 aromatic carbocycles. The van der Waals surface area contributed by atoms with Crippen molar-refractivity contribution >= 4 is 17.7 Å². The molecule has 0 aliphatic carbocycles. The van der Waals surface area contributed by atoms with E-state index in [9.17, 15) is 18.8 Å². The van der Waals surface area contributed by atoms with Crippen LogP contribution >= 0.6 is 0 Å². The summed E-state index contributed by atoms with van der Waals surface area (Å²) in [6.45, 7) is 5.59. The monoisotopic (exact) mass is 433 g/mol. The summed E-state index contributed by atoms with van der Waals surface area (Å²) >= 11 is 0. The number of aromatic nitrogens is 1. The van der Waals surface area contributed by atoms with Crippen LogP contribution in [0.2, 0.25) is 0 Å². The van der Waals surface area contributed by atoms with Crippen molar-refractivity contribution in [3.05, 3.63) is 94.6 Å². The summed E-state index contributed by atoms with van der Waals surface area (Å²) in [7, 11) is 0. The topological polar surface area (TPSA) is 71.4 Å². The van der Waals surface area contributed by atoms with E-state index >= 15 is 0 Å². The predicted octanol–water partition coefficient (Wildman–Crippen LogP) is 3.94. The third-order valence-electron chi connectivity index (χ3n) is 6.06. The minimum absolute atomic E-state index is 0.315. The number of aryl methyl sites for hydroxylation is 1. The minimum atomic E-state index is -1.35. The van der Waals surface area contributed by atoms with Crippen LogP contribution in [0.25, 0.3) is 0 Å². The molecule has 0 spiro atoms. The lowest BCUT2D eigenvalue weighted by atomic mass is 9.92. The highest BCUT2D eigenvalue weighted by atomic mass is 19.1. The molecule has 3 aromatic rings. The van der Waals surface area contributed by atoms with Crippen LogP contribution < -0.4 is 5.32 Å². The maximum atomic E-state index is 13.3. The third-order valence-corrected chi connectivity index (χ3v) is 6.06. The largest absolute Gasteiger partial charge is 0.344 e. The average molecular weight is 433 g/mol. The third kappa shape index (κ3) is 3.70. The van der Waals surface area contributed by atoms with Gasteiger partial charge in [-0.1, -0.05) is 42.5 Å². The second-order valence-corrected chi connectivity index (χ2v) is 8.23. The van der Waals surface area contributed by atoms with Gasteiger partial charge in [-0.05, 0) is 50.1 Å². The number of urea groups is 1. The highest BCUT2D eigenvalue weighted by Crippen LogP contribution is 2.29. The Bertz CT molecular complexity index is 1200. The summed E-state index contributed by atoms with van der Waals surface area (Å²) in [6.07, 6.45) is 0. The van der Waals surface area contributed by atoms with Gasteiger partial charge < -0.3 is 9.88 Å². The van der Waals surface area contributed by atoms with Gasteiger partial charge in [-0.3, -0.25) is 14.5 Å². The molecular formula is C25H24FN3O3. The van der Waals surface area contributed by atoms with E-state index in [1.54, 1.807) is 13.0 Å². The first-order valence-corrected chi connectivity index (χ1v) is 10.3. The summed E-state index contributed by atoms with van der Waals surface area (Å²) in [6, 6.07) is 16.4. The summed E-state index contributed by atoms with van der Waals surface area (Å²) in [5.74, 6) is -1.29. The molecule has 164 valence electrons. The molecular weight excluding hydrogens is 409 g/mol. The second-order valence-electron chi connectivity index (χ2n) is 8.23. The molecule has 3 amide bonds. The SMILES string of the molecule is Cc1cc(C(=O)CN2C(=O)NC(C)(c3ccc(F)cc3)C2=O)c(C)n1Cc1ccccc1. The Morgan fingerprint density at radius 3 is 2.34 bits per heavy atom. The fourth-order valence-corrected chi connectivity index (χ4v) is 4.14. The van der Waals surface area contributed by atoms with E-state index in [2.05, 4.69) is 5.32 Å². The zero-order chi connectivity index (χ0) is 23.0. The number of halogens is 1. The van der Waals surface area contributed by atoms with Gasteiger partial charge in [0.25, 0.3) is 5.91 Å². The molecule has 1 aliphatic rings. The van der Waals surface area contributed by atoms with Crippen LogP contribution in [0.15, 0.2) is 60.7 Å². The van der Waals surface area contributed by atoms with Crippen molar-refractivity contribution in [3.8, 4) is 0 Å². The lowest BCUT2D eigenvalue weighted by Gasteiger charge is -2.22. The molecule has 1 fully saturated rings. The number of benzene rings is 2.